The van der Waals surface area contributed by atoms with Gasteiger partial charge in [-0.1, -0.05) is 31.2 Å². The number of hydrogen-bond acceptors (Lipinski definition) is 6. The average Bonchev–Trinajstić information content (AvgIpc) is 3.45. The minimum Gasteiger partial charge on any atom is -0.501 e. The predicted octanol–water partition coefficient (Wildman–Crippen LogP) is 5.54. The van der Waals surface area contributed by atoms with Crippen molar-refractivity contribution in [3.05, 3.63) is 112 Å². The summed E-state index contributed by atoms with van der Waals surface area (Å²) < 4.78 is 19.1. The van der Waals surface area contributed by atoms with E-state index in [0.717, 1.165) is 28.2 Å². The van der Waals surface area contributed by atoms with Gasteiger partial charge in [0.1, 0.15) is 17.3 Å². The van der Waals surface area contributed by atoms with E-state index in [1.807, 2.05) is 60.7 Å². The maximum atomic E-state index is 13.6. The molecular formula is C31H31N3O5. The molecule has 2 aromatic heterocycles. The van der Waals surface area contributed by atoms with Crippen LogP contribution in [0.25, 0.3) is 16.5 Å². The van der Waals surface area contributed by atoms with Crippen molar-refractivity contribution in [1.29, 1.82) is 0 Å². The smallest absolute Gasteiger partial charge is 0.262 e. The van der Waals surface area contributed by atoms with Gasteiger partial charge in [0.05, 0.1) is 44.0 Å². The van der Waals surface area contributed by atoms with Gasteiger partial charge in [-0.25, -0.2) is 4.98 Å². The molecule has 0 bridgehead atoms. The third-order valence-electron chi connectivity index (χ3n) is 6.77. The fraction of sp³-hybridized carbons (Fsp3) is 0.258. The van der Waals surface area contributed by atoms with Crippen LogP contribution < -0.4 is 10.9 Å². The lowest BCUT2D eigenvalue weighted by Crippen LogP contribution is -2.27. The van der Waals surface area contributed by atoms with Crippen molar-refractivity contribution >= 4 is 28.1 Å². The Balaban J connectivity index is 1.45. The number of rotatable bonds is 9. The number of furan rings is 1. The van der Waals surface area contributed by atoms with Gasteiger partial charge in [0, 0.05) is 24.6 Å². The molecule has 1 amide bonds. The monoisotopic (exact) mass is 525 g/mol. The van der Waals surface area contributed by atoms with Gasteiger partial charge in [0.25, 0.3) is 5.56 Å². The van der Waals surface area contributed by atoms with Gasteiger partial charge in [0.15, 0.2) is 0 Å². The molecule has 1 unspecified atom stereocenters. The van der Waals surface area contributed by atoms with E-state index >= 15 is 0 Å². The lowest BCUT2D eigenvalue weighted by molar-refractivity contribution is -0.114. The summed E-state index contributed by atoms with van der Waals surface area (Å²) >= 11 is 0. The zero-order valence-electron chi connectivity index (χ0n) is 22.3. The number of para-hydroxylation sites is 1. The molecule has 1 aliphatic carbocycles. The number of nitrogens with one attached hydrogen (secondary N) is 1. The maximum absolute atomic E-state index is 13.6. The molecule has 0 radical (unpaired) electrons. The average molecular weight is 526 g/mol. The number of carbonyl (C=O) groups excluding carboxylic acids is 1. The van der Waals surface area contributed by atoms with Crippen LogP contribution in [-0.4, -0.2) is 29.2 Å². The van der Waals surface area contributed by atoms with E-state index in [1.165, 1.54) is 6.92 Å². The highest BCUT2D eigenvalue weighted by atomic mass is 16.5. The standard InChI is InChI=1S/C31H31N3O5/c1-20-15-29(37-3)23(19-38-18-22-10-12-24(13-11-22)32-21(2)35)16-27(20)30-33-28-9-5-4-8-26(28)31(36)34(30)17-25-7-6-14-39-25/h4-14,16,20H,15,17-19H2,1-3H3,(H,32,35). The first kappa shape index (κ1) is 26.2. The Morgan fingerprint density at radius 2 is 1.90 bits per heavy atom. The largest absolute Gasteiger partial charge is 0.501 e. The van der Waals surface area contributed by atoms with Crippen molar-refractivity contribution in [2.45, 2.75) is 33.4 Å². The van der Waals surface area contributed by atoms with Crippen LogP contribution in [0.2, 0.25) is 0 Å². The summed E-state index contributed by atoms with van der Waals surface area (Å²) in [6.07, 6.45) is 4.31. The van der Waals surface area contributed by atoms with E-state index in [4.69, 9.17) is 18.9 Å². The van der Waals surface area contributed by atoms with Crippen LogP contribution in [0.5, 0.6) is 0 Å². The van der Waals surface area contributed by atoms with E-state index in [-0.39, 0.29) is 23.9 Å². The van der Waals surface area contributed by atoms with E-state index in [2.05, 4.69) is 12.2 Å². The summed E-state index contributed by atoms with van der Waals surface area (Å²) in [7, 11) is 1.67. The number of carbonyl (C=O) groups is 1. The Bertz CT molecular complexity index is 1600. The molecule has 0 saturated heterocycles. The highest BCUT2D eigenvalue weighted by Gasteiger charge is 2.26. The number of methoxy groups -OCH3 is 1. The molecule has 5 rings (SSSR count). The van der Waals surface area contributed by atoms with Gasteiger partial charge in [-0.15, -0.1) is 0 Å². The van der Waals surface area contributed by atoms with Gasteiger partial charge < -0.3 is 19.2 Å². The summed E-state index contributed by atoms with van der Waals surface area (Å²) in [5, 5.41) is 3.33. The number of fused-ring (bicyclic) bond motifs is 1. The van der Waals surface area contributed by atoms with Crippen LogP contribution in [0.4, 0.5) is 5.69 Å². The van der Waals surface area contributed by atoms with Gasteiger partial charge in [-0.3, -0.25) is 14.2 Å². The second kappa shape index (κ2) is 11.5. The number of anilines is 1. The predicted molar refractivity (Wildman–Crippen MR) is 150 cm³/mol. The summed E-state index contributed by atoms with van der Waals surface area (Å²) in [6.45, 7) is 4.61. The molecule has 8 heteroatoms. The van der Waals surface area contributed by atoms with Crippen LogP contribution in [-0.2, 0) is 27.4 Å². The number of nitrogens with zero attached hydrogens (tertiary/aromatic N) is 2. The second-order valence-electron chi connectivity index (χ2n) is 9.65. The fourth-order valence-corrected chi connectivity index (χ4v) is 4.81. The van der Waals surface area contributed by atoms with Gasteiger partial charge in [-0.2, -0.15) is 0 Å². The number of hydrogen-bond donors (Lipinski definition) is 1. The summed E-state index contributed by atoms with van der Waals surface area (Å²) in [5.41, 5.74) is 4.13. The topological polar surface area (TPSA) is 95.6 Å². The Morgan fingerprint density at radius 3 is 2.62 bits per heavy atom. The molecule has 200 valence electrons. The molecule has 0 aliphatic heterocycles. The molecule has 0 saturated carbocycles. The van der Waals surface area contributed by atoms with Crippen LogP contribution in [0.15, 0.2) is 93.5 Å². The third-order valence-corrected chi connectivity index (χ3v) is 6.77. The highest BCUT2D eigenvalue weighted by Crippen LogP contribution is 2.35. The molecule has 1 aliphatic rings. The summed E-state index contributed by atoms with van der Waals surface area (Å²) in [6, 6.07) is 18.6. The Morgan fingerprint density at radius 1 is 1.10 bits per heavy atom. The Kier molecular flexibility index (Phi) is 7.74. The van der Waals surface area contributed by atoms with Crippen LogP contribution in [0.1, 0.15) is 37.4 Å². The molecular weight excluding hydrogens is 494 g/mol. The first-order valence-corrected chi connectivity index (χ1v) is 12.9. The SMILES string of the molecule is COC1=C(COCc2ccc(NC(C)=O)cc2)C=C(c2nc3ccccc3c(=O)n2Cc2ccco2)C(C)C1. The van der Waals surface area contributed by atoms with E-state index in [1.54, 1.807) is 24.0 Å². The summed E-state index contributed by atoms with van der Waals surface area (Å²) in [4.78, 5) is 29.8. The number of benzene rings is 2. The number of allylic oxidation sites excluding steroid dienone is 2. The Hall–Kier alpha value is -4.43. The fourth-order valence-electron chi connectivity index (χ4n) is 4.81. The molecule has 1 atom stereocenters. The van der Waals surface area contributed by atoms with Gasteiger partial charge in [0.2, 0.25) is 5.91 Å². The Labute approximate surface area is 226 Å². The first-order valence-electron chi connectivity index (χ1n) is 12.9. The number of ether oxygens (including phenoxy) is 2. The minimum absolute atomic E-state index is 0.0703. The zero-order valence-corrected chi connectivity index (χ0v) is 22.3. The lowest BCUT2D eigenvalue weighted by Gasteiger charge is -2.26. The molecule has 4 aromatic rings. The van der Waals surface area contributed by atoms with Crippen molar-refractivity contribution < 1.29 is 18.7 Å². The van der Waals surface area contributed by atoms with Crippen molar-refractivity contribution in [2.75, 3.05) is 19.0 Å². The normalized spacial score (nSPS) is 15.4. The zero-order chi connectivity index (χ0) is 27.4. The van der Waals surface area contributed by atoms with E-state index < -0.39 is 0 Å². The maximum Gasteiger partial charge on any atom is 0.262 e. The van der Waals surface area contributed by atoms with E-state index in [9.17, 15) is 9.59 Å². The molecule has 8 nitrogen and oxygen atoms in total. The minimum atomic E-state index is -0.109. The van der Waals surface area contributed by atoms with E-state index in [0.29, 0.717) is 42.1 Å². The number of aromatic nitrogens is 2. The van der Waals surface area contributed by atoms with Crippen molar-refractivity contribution in [1.82, 2.24) is 9.55 Å². The quantitative estimate of drug-likeness (QED) is 0.308. The van der Waals surface area contributed by atoms with Crippen LogP contribution >= 0.6 is 0 Å². The molecule has 0 fully saturated rings. The van der Waals surface area contributed by atoms with Crippen molar-refractivity contribution in [3.8, 4) is 0 Å². The van der Waals surface area contributed by atoms with Crippen molar-refractivity contribution in [2.24, 2.45) is 5.92 Å². The second-order valence-corrected chi connectivity index (χ2v) is 9.65. The number of amides is 1. The van der Waals surface area contributed by atoms with Crippen LogP contribution in [0, 0.1) is 5.92 Å². The highest BCUT2D eigenvalue weighted by molar-refractivity contribution is 5.88. The first-order chi connectivity index (χ1) is 18.9. The molecule has 2 aromatic carbocycles. The molecule has 0 spiro atoms. The van der Waals surface area contributed by atoms with Crippen LogP contribution in [0.3, 0.4) is 0 Å². The van der Waals surface area contributed by atoms with Crippen molar-refractivity contribution in [3.63, 3.8) is 0 Å². The third kappa shape index (κ3) is 5.86. The molecule has 1 N–H and O–H groups in total. The summed E-state index contributed by atoms with van der Waals surface area (Å²) in [5.74, 6) is 2.11. The lowest BCUT2D eigenvalue weighted by atomic mass is 9.87. The van der Waals surface area contributed by atoms with Gasteiger partial charge in [-0.05, 0) is 59.5 Å². The molecule has 2 heterocycles. The van der Waals surface area contributed by atoms with Gasteiger partial charge >= 0.3 is 0 Å². The molecule has 39 heavy (non-hydrogen) atoms.